The average molecular weight is 269 g/mol. The Bertz CT molecular complexity index is 508. The van der Waals surface area contributed by atoms with E-state index in [1.54, 1.807) is 24.5 Å². The van der Waals surface area contributed by atoms with Gasteiger partial charge in [0, 0.05) is 24.8 Å². The molecule has 2 aromatic rings. The Morgan fingerprint density at radius 1 is 1.11 bits per heavy atom. The van der Waals surface area contributed by atoms with Crippen molar-refractivity contribution >= 4 is 0 Å². The Morgan fingerprint density at radius 3 is 2.47 bits per heavy atom. The summed E-state index contributed by atoms with van der Waals surface area (Å²) in [6.07, 6.45) is 0.740. The number of halogens is 3. The Balaban J connectivity index is 1.79. The fourth-order valence-electron chi connectivity index (χ4n) is 1.69. The van der Waals surface area contributed by atoms with Crippen LogP contribution < -0.4 is 5.32 Å². The van der Waals surface area contributed by atoms with Crippen molar-refractivity contribution in [2.24, 2.45) is 0 Å². The van der Waals surface area contributed by atoms with Gasteiger partial charge in [0.05, 0.1) is 6.20 Å². The molecule has 0 saturated heterocycles. The summed E-state index contributed by atoms with van der Waals surface area (Å²) < 4.78 is 38.2. The maximum atomic E-state index is 12.7. The maximum absolute atomic E-state index is 12.7. The molecule has 6 heteroatoms. The molecule has 0 amide bonds. The van der Waals surface area contributed by atoms with E-state index < -0.39 is 13.0 Å². The van der Waals surface area contributed by atoms with Crippen LogP contribution >= 0.6 is 0 Å². The van der Waals surface area contributed by atoms with E-state index >= 15 is 0 Å². The summed E-state index contributed by atoms with van der Waals surface area (Å²) in [5.41, 5.74) is 1.80. The Hall–Kier alpha value is -1.82. The molecule has 1 aromatic heterocycles. The lowest BCUT2D eigenvalue weighted by atomic mass is 10.2. The van der Waals surface area contributed by atoms with E-state index in [1.165, 1.54) is 16.8 Å². The zero-order valence-electron chi connectivity index (χ0n) is 10.2. The van der Waals surface area contributed by atoms with Gasteiger partial charge in [0.1, 0.15) is 12.4 Å². The molecular formula is C13H14F3N3. The van der Waals surface area contributed by atoms with Crippen LogP contribution in [-0.4, -0.2) is 16.2 Å². The maximum Gasteiger partial charge on any atom is 0.257 e. The summed E-state index contributed by atoms with van der Waals surface area (Å²) >= 11 is 0. The summed E-state index contributed by atoms with van der Waals surface area (Å²) in [6, 6.07) is 6.19. The van der Waals surface area contributed by atoms with E-state index in [-0.39, 0.29) is 5.82 Å². The van der Waals surface area contributed by atoms with Gasteiger partial charge >= 0.3 is 0 Å². The van der Waals surface area contributed by atoms with Gasteiger partial charge in [0.25, 0.3) is 6.43 Å². The summed E-state index contributed by atoms with van der Waals surface area (Å²) in [4.78, 5) is 0. The highest BCUT2D eigenvalue weighted by Gasteiger charge is 2.05. The van der Waals surface area contributed by atoms with Gasteiger partial charge in [-0.3, -0.25) is 4.68 Å². The van der Waals surface area contributed by atoms with Crippen molar-refractivity contribution in [1.29, 1.82) is 0 Å². The molecule has 0 saturated carbocycles. The molecule has 0 aliphatic carbocycles. The van der Waals surface area contributed by atoms with Gasteiger partial charge in [0.15, 0.2) is 0 Å². The van der Waals surface area contributed by atoms with Gasteiger partial charge in [-0.05, 0) is 17.7 Å². The van der Waals surface area contributed by atoms with Crippen molar-refractivity contribution in [3.63, 3.8) is 0 Å². The standard InChI is InChI=1S/C13H14F3N3/c14-12-3-1-10(2-4-12)5-17-6-11-7-18-19(8-11)9-13(15)16/h1-4,7-8,13,17H,5-6,9H2. The zero-order valence-corrected chi connectivity index (χ0v) is 10.2. The van der Waals surface area contributed by atoms with E-state index in [1.807, 2.05) is 0 Å². The molecule has 0 spiro atoms. The molecule has 102 valence electrons. The molecule has 1 N–H and O–H groups in total. The molecule has 3 nitrogen and oxygen atoms in total. The highest BCUT2D eigenvalue weighted by atomic mass is 19.3. The first-order valence-corrected chi connectivity index (χ1v) is 5.88. The fourth-order valence-corrected chi connectivity index (χ4v) is 1.69. The van der Waals surface area contributed by atoms with Crippen LogP contribution in [0.1, 0.15) is 11.1 Å². The van der Waals surface area contributed by atoms with Gasteiger partial charge in [-0.25, -0.2) is 13.2 Å². The van der Waals surface area contributed by atoms with Crippen LogP contribution in [-0.2, 0) is 19.6 Å². The predicted molar refractivity (Wildman–Crippen MR) is 65.2 cm³/mol. The Morgan fingerprint density at radius 2 is 1.79 bits per heavy atom. The molecule has 19 heavy (non-hydrogen) atoms. The van der Waals surface area contributed by atoms with E-state index in [0.717, 1.165) is 11.1 Å². The van der Waals surface area contributed by atoms with Crippen LogP contribution in [0.3, 0.4) is 0 Å². The van der Waals surface area contributed by atoms with E-state index in [0.29, 0.717) is 13.1 Å². The lowest BCUT2D eigenvalue weighted by Crippen LogP contribution is -2.12. The third-order valence-corrected chi connectivity index (χ3v) is 2.58. The first-order valence-electron chi connectivity index (χ1n) is 5.88. The number of aromatic nitrogens is 2. The second-order valence-corrected chi connectivity index (χ2v) is 4.19. The molecule has 0 bridgehead atoms. The van der Waals surface area contributed by atoms with Crippen molar-refractivity contribution in [2.75, 3.05) is 0 Å². The molecule has 1 heterocycles. The number of rotatable bonds is 6. The monoisotopic (exact) mass is 269 g/mol. The highest BCUT2D eigenvalue weighted by molar-refractivity contribution is 5.16. The molecule has 0 atom stereocenters. The van der Waals surface area contributed by atoms with Gasteiger partial charge in [-0.1, -0.05) is 12.1 Å². The molecule has 0 unspecified atom stereocenters. The molecule has 2 rings (SSSR count). The van der Waals surface area contributed by atoms with Gasteiger partial charge in [0.2, 0.25) is 0 Å². The fraction of sp³-hybridized carbons (Fsp3) is 0.308. The highest BCUT2D eigenvalue weighted by Crippen LogP contribution is 2.04. The minimum Gasteiger partial charge on any atom is -0.309 e. The average Bonchev–Trinajstić information content (AvgIpc) is 2.78. The molecule has 0 aliphatic rings. The summed E-state index contributed by atoms with van der Waals surface area (Å²) in [7, 11) is 0. The number of nitrogens with zero attached hydrogens (tertiary/aromatic N) is 2. The van der Waals surface area contributed by atoms with Crippen molar-refractivity contribution in [3.8, 4) is 0 Å². The van der Waals surface area contributed by atoms with Crippen molar-refractivity contribution in [3.05, 3.63) is 53.6 Å². The first kappa shape index (κ1) is 13.6. The topological polar surface area (TPSA) is 29.9 Å². The van der Waals surface area contributed by atoms with Gasteiger partial charge in [-0.2, -0.15) is 5.10 Å². The summed E-state index contributed by atoms with van der Waals surface area (Å²) in [6.45, 7) is 0.721. The SMILES string of the molecule is Fc1ccc(CNCc2cnn(CC(F)F)c2)cc1. The van der Waals surface area contributed by atoms with E-state index in [2.05, 4.69) is 10.4 Å². The number of benzene rings is 1. The number of alkyl halides is 2. The van der Waals surface area contributed by atoms with Crippen LogP contribution in [0.25, 0.3) is 0 Å². The lowest BCUT2D eigenvalue weighted by Gasteiger charge is -2.03. The predicted octanol–water partition coefficient (Wildman–Crippen LogP) is 2.58. The zero-order chi connectivity index (χ0) is 13.7. The van der Waals surface area contributed by atoms with Crippen LogP contribution in [0.2, 0.25) is 0 Å². The van der Waals surface area contributed by atoms with Crippen molar-refractivity contribution in [2.45, 2.75) is 26.1 Å². The third-order valence-electron chi connectivity index (χ3n) is 2.58. The minimum atomic E-state index is -2.40. The second-order valence-electron chi connectivity index (χ2n) is 4.19. The van der Waals surface area contributed by atoms with Crippen LogP contribution in [0.5, 0.6) is 0 Å². The molecule has 0 fully saturated rings. The Kier molecular flexibility index (Phi) is 4.57. The third kappa shape index (κ3) is 4.40. The molecule has 0 radical (unpaired) electrons. The number of hydrogen-bond acceptors (Lipinski definition) is 2. The van der Waals surface area contributed by atoms with E-state index in [9.17, 15) is 13.2 Å². The summed E-state index contributed by atoms with van der Waals surface area (Å²) in [5, 5.41) is 6.98. The second kappa shape index (κ2) is 6.38. The van der Waals surface area contributed by atoms with Gasteiger partial charge in [-0.15, -0.1) is 0 Å². The smallest absolute Gasteiger partial charge is 0.257 e. The molecule has 1 aromatic carbocycles. The lowest BCUT2D eigenvalue weighted by molar-refractivity contribution is 0.122. The quantitative estimate of drug-likeness (QED) is 0.873. The largest absolute Gasteiger partial charge is 0.309 e. The van der Waals surface area contributed by atoms with Crippen molar-refractivity contribution < 1.29 is 13.2 Å². The summed E-state index contributed by atoms with van der Waals surface area (Å²) in [5.74, 6) is -0.267. The number of nitrogens with one attached hydrogen (secondary N) is 1. The molecular weight excluding hydrogens is 255 g/mol. The van der Waals surface area contributed by atoms with E-state index in [4.69, 9.17) is 0 Å². The first-order chi connectivity index (χ1) is 9.13. The normalized spacial score (nSPS) is 11.2. The molecule has 0 aliphatic heterocycles. The van der Waals surface area contributed by atoms with Crippen LogP contribution in [0, 0.1) is 5.82 Å². The number of hydrogen-bond donors (Lipinski definition) is 1. The minimum absolute atomic E-state index is 0.267. The van der Waals surface area contributed by atoms with Crippen LogP contribution in [0.4, 0.5) is 13.2 Å². The van der Waals surface area contributed by atoms with Crippen molar-refractivity contribution in [1.82, 2.24) is 15.1 Å². The van der Waals surface area contributed by atoms with Crippen LogP contribution in [0.15, 0.2) is 36.7 Å². The van der Waals surface area contributed by atoms with Gasteiger partial charge < -0.3 is 5.32 Å². The Labute approximate surface area is 109 Å².